The van der Waals surface area contributed by atoms with Crippen molar-refractivity contribution >= 4 is 23.6 Å². The predicted molar refractivity (Wildman–Crippen MR) is 145 cm³/mol. The van der Waals surface area contributed by atoms with E-state index in [1.54, 1.807) is 41.3 Å². The number of amides is 3. The van der Waals surface area contributed by atoms with Crippen LogP contribution < -0.4 is 22.5 Å². The Hall–Kier alpha value is -4.23. The average Bonchev–Trinajstić information content (AvgIpc) is 3.60. The highest BCUT2D eigenvalue weighted by atomic mass is 16.2. The number of nitrogens with two attached hydrogens (primary N) is 3. The summed E-state index contributed by atoms with van der Waals surface area (Å²) in [4.78, 5) is 38.7. The summed E-state index contributed by atoms with van der Waals surface area (Å²) >= 11 is 0. The summed E-state index contributed by atoms with van der Waals surface area (Å²) in [5.41, 5.74) is 20.4. The fourth-order valence-corrected chi connectivity index (χ4v) is 6.59. The number of amidine groups is 1. The van der Waals surface area contributed by atoms with E-state index in [-0.39, 0.29) is 36.4 Å². The third-order valence-electron chi connectivity index (χ3n) is 8.58. The van der Waals surface area contributed by atoms with Gasteiger partial charge in [-0.05, 0) is 91.5 Å². The van der Waals surface area contributed by atoms with E-state index in [2.05, 4.69) is 11.4 Å². The van der Waals surface area contributed by atoms with Crippen LogP contribution in [0.2, 0.25) is 0 Å². The summed E-state index contributed by atoms with van der Waals surface area (Å²) in [6, 6.07) is 12.2. The molecule has 10 heteroatoms. The first kappa shape index (κ1) is 26.4. The molecule has 5 rings (SSSR count). The number of nitrogens with one attached hydrogen (secondary N) is 2. The maximum absolute atomic E-state index is 13.1. The number of nitrogens with zero attached hydrogens (tertiary/aromatic N) is 2. The summed E-state index contributed by atoms with van der Waals surface area (Å²) in [6.07, 6.45) is 3.14. The lowest BCUT2D eigenvalue weighted by molar-refractivity contribution is -0.131. The molecule has 1 saturated heterocycles. The highest BCUT2D eigenvalue weighted by molar-refractivity contribution is 5.97. The van der Waals surface area contributed by atoms with E-state index in [1.807, 2.05) is 6.92 Å². The summed E-state index contributed by atoms with van der Waals surface area (Å²) < 4.78 is 0. The normalized spacial score (nSPS) is 22.9. The van der Waals surface area contributed by atoms with Gasteiger partial charge in [0.2, 0.25) is 17.7 Å². The number of piperidine rings is 1. The van der Waals surface area contributed by atoms with Crippen LogP contribution in [0.5, 0.6) is 0 Å². The number of carbonyl (C=O) groups is 3. The topological polar surface area (TPSA) is 192 Å². The number of hydrogen-bond donors (Lipinski definition) is 5. The Balaban J connectivity index is 1.50. The highest BCUT2D eigenvalue weighted by Gasteiger charge is 2.54. The van der Waals surface area contributed by atoms with Crippen LogP contribution in [0, 0.1) is 22.7 Å². The zero-order valence-electron chi connectivity index (χ0n) is 21.9. The maximum Gasteiger partial charge on any atom is 0.248 e. The van der Waals surface area contributed by atoms with Crippen molar-refractivity contribution in [3.8, 4) is 6.07 Å². The van der Waals surface area contributed by atoms with Crippen LogP contribution in [0.15, 0.2) is 36.4 Å². The van der Waals surface area contributed by atoms with Crippen molar-refractivity contribution in [3.63, 3.8) is 0 Å². The molecule has 2 aliphatic carbocycles. The van der Waals surface area contributed by atoms with Crippen molar-refractivity contribution in [2.24, 2.45) is 23.1 Å². The molecule has 3 aliphatic rings. The fraction of sp³-hybridized carbons (Fsp3) is 0.414. The molecule has 2 aromatic carbocycles. The molecule has 2 fully saturated rings. The summed E-state index contributed by atoms with van der Waals surface area (Å²) in [6.45, 7) is 2.00. The van der Waals surface area contributed by atoms with Crippen LogP contribution in [0.1, 0.15) is 69.2 Å². The van der Waals surface area contributed by atoms with Crippen molar-refractivity contribution in [2.75, 3.05) is 6.54 Å². The number of likely N-dealkylation sites (tertiary alicyclic amines) is 1. The van der Waals surface area contributed by atoms with Gasteiger partial charge in [0.1, 0.15) is 11.9 Å². The first-order valence-electron chi connectivity index (χ1n) is 13.2. The van der Waals surface area contributed by atoms with Crippen molar-refractivity contribution in [3.05, 3.63) is 69.8 Å². The minimum absolute atomic E-state index is 0.0670. The van der Waals surface area contributed by atoms with Crippen molar-refractivity contribution in [2.45, 2.75) is 62.6 Å². The molecule has 0 radical (unpaired) electrons. The zero-order valence-corrected chi connectivity index (χ0v) is 21.9. The van der Waals surface area contributed by atoms with Gasteiger partial charge in [-0.25, -0.2) is 0 Å². The second-order valence-electron chi connectivity index (χ2n) is 11.0. The van der Waals surface area contributed by atoms with Crippen molar-refractivity contribution < 1.29 is 14.4 Å². The Kier molecular flexibility index (Phi) is 6.64. The Morgan fingerprint density at radius 2 is 1.62 bits per heavy atom. The quantitative estimate of drug-likeness (QED) is 0.252. The van der Waals surface area contributed by atoms with Gasteiger partial charge in [0.25, 0.3) is 0 Å². The Morgan fingerprint density at radius 3 is 2.10 bits per heavy atom. The Labute approximate surface area is 227 Å². The van der Waals surface area contributed by atoms with Crippen LogP contribution in [-0.2, 0) is 23.1 Å². The second-order valence-corrected chi connectivity index (χ2v) is 11.0. The number of aryl methyl sites for hydroxylation is 2. The third kappa shape index (κ3) is 4.53. The molecule has 10 nitrogen and oxygen atoms in total. The molecule has 0 bridgehead atoms. The van der Waals surface area contributed by atoms with E-state index in [0.29, 0.717) is 36.3 Å². The van der Waals surface area contributed by atoms with Gasteiger partial charge in [0.15, 0.2) is 0 Å². The number of fused-ring (bicyclic) bond motifs is 3. The van der Waals surface area contributed by atoms with Crippen LogP contribution in [0.4, 0.5) is 0 Å². The first-order valence-corrected chi connectivity index (χ1v) is 13.2. The Bertz CT molecular complexity index is 1360. The van der Waals surface area contributed by atoms with Gasteiger partial charge < -0.3 is 27.4 Å². The molecule has 1 heterocycles. The molecule has 3 amide bonds. The van der Waals surface area contributed by atoms with Gasteiger partial charge in [-0.1, -0.05) is 12.1 Å². The highest BCUT2D eigenvalue weighted by Crippen LogP contribution is 2.47. The van der Waals surface area contributed by atoms with Gasteiger partial charge in [0, 0.05) is 23.2 Å². The number of carbonyl (C=O) groups excluding carboxylic acids is 3. The maximum atomic E-state index is 13.1. The fourth-order valence-electron chi connectivity index (χ4n) is 6.59. The third-order valence-corrected chi connectivity index (χ3v) is 8.58. The molecule has 39 heavy (non-hydrogen) atoms. The lowest BCUT2D eigenvalue weighted by Gasteiger charge is -2.38. The molecular weight excluding hydrogens is 494 g/mol. The monoisotopic (exact) mass is 527 g/mol. The molecular formula is C29H33N7O3. The van der Waals surface area contributed by atoms with E-state index < -0.39 is 17.2 Å². The van der Waals surface area contributed by atoms with Crippen molar-refractivity contribution in [1.82, 2.24) is 10.2 Å². The predicted octanol–water partition coefficient (Wildman–Crippen LogP) is 1.09. The van der Waals surface area contributed by atoms with E-state index >= 15 is 0 Å². The largest absolute Gasteiger partial charge is 0.387 e. The van der Waals surface area contributed by atoms with Crippen LogP contribution in [-0.4, -0.2) is 53.1 Å². The molecule has 1 unspecified atom stereocenters. The number of benzene rings is 2. The lowest BCUT2D eigenvalue weighted by Crippen LogP contribution is -2.49. The van der Waals surface area contributed by atoms with Crippen LogP contribution >= 0.6 is 0 Å². The molecule has 0 aromatic heterocycles. The molecule has 1 saturated carbocycles. The lowest BCUT2D eigenvalue weighted by atomic mass is 9.67. The van der Waals surface area contributed by atoms with Crippen LogP contribution in [0.25, 0.3) is 0 Å². The Morgan fingerprint density at radius 1 is 1.05 bits per heavy atom. The molecule has 8 N–H and O–H groups in total. The minimum atomic E-state index is -1.09. The first-order chi connectivity index (χ1) is 18.6. The van der Waals surface area contributed by atoms with Gasteiger partial charge >= 0.3 is 0 Å². The number of hydrogen-bond acceptors (Lipinski definition) is 6. The number of nitriles is 1. The minimum Gasteiger partial charge on any atom is -0.387 e. The standard InChI is InChI=1S/C29H33N7O3/c1-15(35-14-25(37)36-21(13-30)10-20-11-24(20)36)12-29(28(33)34)22-6-4-18(26(31)38)8-16(22)2-3-17-9-19(27(32)39)5-7-23(17)29/h4-9,15,20-21,24,35H,2-3,10-12,14H2,1H3,(H2,31,38)(H2,32,39)(H3,33,34)/t15-,20+,21?,24-/m0/s1. The smallest absolute Gasteiger partial charge is 0.248 e. The van der Waals surface area contributed by atoms with Crippen molar-refractivity contribution in [1.29, 1.82) is 10.7 Å². The summed E-state index contributed by atoms with van der Waals surface area (Å²) in [7, 11) is 0. The molecule has 2 aromatic rings. The van der Waals surface area contributed by atoms with E-state index in [0.717, 1.165) is 35.1 Å². The van der Waals surface area contributed by atoms with E-state index in [4.69, 9.17) is 22.6 Å². The summed E-state index contributed by atoms with van der Waals surface area (Å²) in [5, 5.41) is 21.6. The average molecular weight is 528 g/mol. The molecule has 202 valence electrons. The molecule has 1 aliphatic heterocycles. The van der Waals surface area contributed by atoms with Gasteiger partial charge in [0.05, 0.1) is 18.0 Å². The summed E-state index contributed by atoms with van der Waals surface area (Å²) in [5.74, 6) is -0.850. The van der Waals surface area contributed by atoms with Gasteiger partial charge in [-0.2, -0.15) is 5.26 Å². The molecule has 0 spiro atoms. The SMILES string of the molecule is C[C@@H](CC1(C(=N)N)c2ccc(C(N)=O)cc2CCc2cc(C(N)=O)ccc21)NCC(=O)N1C(C#N)C[C@@H]2C[C@@H]21. The number of rotatable bonds is 8. The molecule has 4 atom stereocenters. The van der Waals surface area contributed by atoms with Gasteiger partial charge in [-0.3, -0.25) is 19.8 Å². The van der Waals surface area contributed by atoms with E-state index in [1.165, 1.54) is 0 Å². The zero-order chi connectivity index (χ0) is 28.1. The second kappa shape index (κ2) is 9.82. The van der Waals surface area contributed by atoms with Gasteiger partial charge in [-0.15, -0.1) is 0 Å². The number of primary amides is 2. The van der Waals surface area contributed by atoms with E-state index in [9.17, 15) is 19.6 Å². The van der Waals surface area contributed by atoms with Crippen LogP contribution in [0.3, 0.4) is 0 Å².